The van der Waals surface area contributed by atoms with Crippen LogP contribution in [0.2, 0.25) is 0 Å². The van der Waals surface area contributed by atoms with Crippen LogP contribution < -0.4 is 10.6 Å². The number of nitrogens with zero attached hydrogens (tertiary/aromatic N) is 1. The standard InChI is InChI=1S/C18H29N3O2/c1-13(14-8-10-19-11-9-14)20-15-6-5-7-16(12-15)21-17(22)23-18(2,3)4/h8-11,13,15-16,20H,5-7,12H2,1-4H3,(H,21,22)/t13-,15?,16?/m1/s1. The topological polar surface area (TPSA) is 63.2 Å². The first kappa shape index (κ1) is 17.7. The summed E-state index contributed by atoms with van der Waals surface area (Å²) in [4.78, 5) is 16.0. The van der Waals surface area contributed by atoms with Crippen molar-refractivity contribution in [3.8, 4) is 0 Å². The fourth-order valence-corrected chi connectivity index (χ4v) is 3.05. The lowest BCUT2D eigenvalue weighted by Gasteiger charge is -2.33. The van der Waals surface area contributed by atoms with Crippen molar-refractivity contribution in [3.05, 3.63) is 30.1 Å². The molecule has 3 atom stereocenters. The Hall–Kier alpha value is -1.62. The Morgan fingerprint density at radius 2 is 1.91 bits per heavy atom. The molecule has 128 valence electrons. The van der Waals surface area contributed by atoms with Crippen LogP contribution in [-0.4, -0.2) is 28.8 Å². The van der Waals surface area contributed by atoms with Gasteiger partial charge in [-0.25, -0.2) is 4.79 Å². The molecule has 0 spiro atoms. The number of rotatable bonds is 4. The highest BCUT2D eigenvalue weighted by Crippen LogP contribution is 2.22. The van der Waals surface area contributed by atoms with Gasteiger partial charge >= 0.3 is 6.09 Å². The molecule has 1 aromatic heterocycles. The lowest BCUT2D eigenvalue weighted by Crippen LogP contribution is -2.46. The van der Waals surface area contributed by atoms with Crippen LogP contribution in [0.1, 0.15) is 65.0 Å². The molecular weight excluding hydrogens is 290 g/mol. The van der Waals surface area contributed by atoms with E-state index in [1.54, 1.807) is 0 Å². The third-order valence-corrected chi connectivity index (χ3v) is 4.09. The molecule has 1 aliphatic rings. The average Bonchev–Trinajstić information content (AvgIpc) is 2.46. The van der Waals surface area contributed by atoms with Crippen LogP contribution in [0.5, 0.6) is 0 Å². The summed E-state index contributed by atoms with van der Waals surface area (Å²) in [6, 6.07) is 4.95. The number of amides is 1. The molecule has 23 heavy (non-hydrogen) atoms. The van der Waals surface area contributed by atoms with Crippen molar-refractivity contribution in [3.63, 3.8) is 0 Å². The van der Waals surface area contributed by atoms with Gasteiger partial charge in [0, 0.05) is 30.5 Å². The average molecular weight is 319 g/mol. The van der Waals surface area contributed by atoms with Crippen molar-refractivity contribution in [2.45, 2.75) is 77.1 Å². The summed E-state index contributed by atoms with van der Waals surface area (Å²) in [6.45, 7) is 7.82. The first-order chi connectivity index (χ1) is 10.8. The number of carbonyl (C=O) groups excluding carboxylic acids is 1. The van der Waals surface area contributed by atoms with E-state index in [1.807, 2.05) is 45.3 Å². The molecule has 1 aliphatic carbocycles. The minimum absolute atomic E-state index is 0.181. The van der Waals surface area contributed by atoms with Gasteiger partial charge in [-0.15, -0.1) is 0 Å². The third kappa shape index (κ3) is 6.18. The fraction of sp³-hybridized carbons (Fsp3) is 0.667. The molecule has 1 amide bonds. The van der Waals surface area contributed by atoms with Gasteiger partial charge in [0.15, 0.2) is 0 Å². The van der Waals surface area contributed by atoms with Crippen LogP contribution >= 0.6 is 0 Å². The Kier molecular flexibility index (Phi) is 5.99. The Morgan fingerprint density at radius 1 is 1.26 bits per heavy atom. The van der Waals surface area contributed by atoms with Crippen LogP contribution in [0.25, 0.3) is 0 Å². The Bertz CT molecular complexity index is 499. The van der Waals surface area contributed by atoms with E-state index in [1.165, 1.54) is 5.56 Å². The number of ether oxygens (including phenoxy) is 1. The number of alkyl carbamates (subject to hydrolysis) is 1. The van der Waals surface area contributed by atoms with E-state index in [0.29, 0.717) is 6.04 Å². The van der Waals surface area contributed by atoms with Gasteiger partial charge in [0.25, 0.3) is 0 Å². The summed E-state index contributed by atoms with van der Waals surface area (Å²) in [5, 5.41) is 6.67. The largest absolute Gasteiger partial charge is 0.444 e. The molecule has 2 rings (SSSR count). The van der Waals surface area contributed by atoms with Gasteiger partial charge in [0.2, 0.25) is 0 Å². The molecule has 1 saturated carbocycles. The summed E-state index contributed by atoms with van der Waals surface area (Å²) in [5.41, 5.74) is 0.786. The second kappa shape index (κ2) is 7.77. The van der Waals surface area contributed by atoms with Gasteiger partial charge in [-0.3, -0.25) is 4.98 Å². The van der Waals surface area contributed by atoms with E-state index >= 15 is 0 Å². The summed E-state index contributed by atoms with van der Waals surface area (Å²) < 4.78 is 5.35. The molecule has 2 unspecified atom stereocenters. The molecule has 0 aliphatic heterocycles. The van der Waals surface area contributed by atoms with Crippen molar-refractivity contribution in [1.82, 2.24) is 15.6 Å². The molecule has 2 N–H and O–H groups in total. The van der Waals surface area contributed by atoms with Crippen molar-refractivity contribution in [2.75, 3.05) is 0 Å². The molecule has 5 heteroatoms. The molecular formula is C18H29N3O2. The van der Waals surface area contributed by atoms with Crippen molar-refractivity contribution in [2.24, 2.45) is 0 Å². The third-order valence-electron chi connectivity index (χ3n) is 4.09. The van der Waals surface area contributed by atoms with Crippen molar-refractivity contribution < 1.29 is 9.53 Å². The number of pyridine rings is 1. The van der Waals surface area contributed by atoms with Gasteiger partial charge in [-0.1, -0.05) is 0 Å². The van der Waals surface area contributed by atoms with E-state index in [9.17, 15) is 4.79 Å². The summed E-state index contributed by atoms with van der Waals surface area (Å²) in [6.07, 6.45) is 7.53. The highest BCUT2D eigenvalue weighted by Gasteiger charge is 2.26. The molecule has 1 heterocycles. The monoisotopic (exact) mass is 319 g/mol. The molecule has 0 saturated heterocycles. The van der Waals surface area contributed by atoms with Crippen molar-refractivity contribution in [1.29, 1.82) is 0 Å². The van der Waals surface area contributed by atoms with Crippen molar-refractivity contribution >= 4 is 6.09 Å². The fourth-order valence-electron chi connectivity index (χ4n) is 3.05. The maximum atomic E-state index is 11.9. The predicted molar refractivity (Wildman–Crippen MR) is 91.2 cm³/mol. The minimum Gasteiger partial charge on any atom is -0.444 e. The summed E-state index contributed by atoms with van der Waals surface area (Å²) in [7, 11) is 0. The number of nitrogens with one attached hydrogen (secondary N) is 2. The van der Waals surface area contributed by atoms with Crippen LogP contribution in [0, 0.1) is 0 Å². The number of hydrogen-bond acceptors (Lipinski definition) is 4. The van der Waals surface area contributed by atoms with Gasteiger partial charge < -0.3 is 15.4 Å². The number of aromatic nitrogens is 1. The molecule has 1 fully saturated rings. The Labute approximate surface area is 139 Å². The molecule has 0 aromatic carbocycles. The van der Waals surface area contributed by atoms with Gasteiger partial charge in [0.05, 0.1) is 0 Å². The first-order valence-corrected chi connectivity index (χ1v) is 8.49. The molecule has 5 nitrogen and oxygen atoms in total. The van der Waals surface area contributed by atoms with Crippen LogP contribution in [0.15, 0.2) is 24.5 Å². The quantitative estimate of drug-likeness (QED) is 0.890. The number of carbonyl (C=O) groups is 1. The Balaban J connectivity index is 1.82. The zero-order valence-corrected chi connectivity index (χ0v) is 14.6. The van der Waals surface area contributed by atoms with E-state index in [-0.39, 0.29) is 18.2 Å². The zero-order valence-electron chi connectivity index (χ0n) is 14.6. The first-order valence-electron chi connectivity index (χ1n) is 8.49. The number of hydrogen-bond donors (Lipinski definition) is 2. The predicted octanol–water partition coefficient (Wildman–Crippen LogP) is 3.57. The van der Waals surface area contributed by atoms with Gasteiger partial charge in [-0.05, 0) is 71.1 Å². The summed E-state index contributed by atoms with van der Waals surface area (Å²) in [5.74, 6) is 0. The molecule has 0 bridgehead atoms. The second-order valence-corrected chi connectivity index (χ2v) is 7.38. The maximum Gasteiger partial charge on any atom is 0.407 e. The zero-order chi connectivity index (χ0) is 16.9. The molecule has 0 radical (unpaired) electrons. The van der Waals surface area contributed by atoms with Crippen LogP contribution in [-0.2, 0) is 4.74 Å². The SMILES string of the molecule is C[C@@H](NC1CCCC(NC(=O)OC(C)(C)C)C1)c1ccncc1. The molecule has 1 aromatic rings. The normalized spacial score (nSPS) is 23.1. The minimum atomic E-state index is -0.452. The highest BCUT2D eigenvalue weighted by molar-refractivity contribution is 5.68. The smallest absolute Gasteiger partial charge is 0.407 e. The van der Waals surface area contributed by atoms with E-state index < -0.39 is 5.60 Å². The lowest BCUT2D eigenvalue weighted by atomic mass is 9.90. The van der Waals surface area contributed by atoms with E-state index in [0.717, 1.165) is 25.7 Å². The van der Waals surface area contributed by atoms with Gasteiger partial charge in [-0.2, -0.15) is 0 Å². The van der Waals surface area contributed by atoms with E-state index in [2.05, 4.69) is 22.5 Å². The van der Waals surface area contributed by atoms with E-state index in [4.69, 9.17) is 4.74 Å². The summed E-state index contributed by atoms with van der Waals surface area (Å²) >= 11 is 0. The highest BCUT2D eigenvalue weighted by atomic mass is 16.6. The van der Waals surface area contributed by atoms with Crippen LogP contribution in [0.4, 0.5) is 4.79 Å². The maximum absolute atomic E-state index is 11.9. The second-order valence-electron chi connectivity index (χ2n) is 7.38. The Morgan fingerprint density at radius 3 is 2.57 bits per heavy atom. The van der Waals surface area contributed by atoms with Gasteiger partial charge in [0.1, 0.15) is 5.60 Å². The van der Waals surface area contributed by atoms with Crippen LogP contribution in [0.3, 0.4) is 0 Å². The lowest BCUT2D eigenvalue weighted by molar-refractivity contribution is 0.0488.